The van der Waals surface area contributed by atoms with Gasteiger partial charge in [0.25, 0.3) is 0 Å². The molecule has 0 radical (unpaired) electrons. The number of likely N-dealkylation sites (N-methyl/N-ethyl adjacent to an activating group) is 1. The van der Waals surface area contributed by atoms with Crippen LogP contribution in [0.2, 0.25) is 5.02 Å². The van der Waals surface area contributed by atoms with Crippen molar-refractivity contribution in [2.75, 3.05) is 39.0 Å². The van der Waals surface area contributed by atoms with Crippen LogP contribution in [-0.4, -0.2) is 67.0 Å². The average molecular weight is 541 g/mol. The molecule has 2 aromatic heterocycles. The van der Waals surface area contributed by atoms with Gasteiger partial charge in [-0.15, -0.1) is 11.3 Å². The molecule has 2 aromatic carbocycles. The number of aromatic nitrogens is 2. The summed E-state index contributed by atoms with van der Waals surface area (Å²) in [4.78, 5) is 7.28. The fourth-order valence-electron chi connectivity index (χ4n) is 4.49. The lowest BCUT2D eigenvalue weighted by Gasteiger charge is -2.33. The molecule has 3 heterocycles. The Hall–Kier alpha value is -2.49. The predicted molar refractivity (Wildman–Crippen MR) is 148 cm³/mol. The van der Waals surface area contributed by atoms with E-state index >= 15 is 0 Å². The van der Waals surface area contributed by atoms with Crippen molar-refractivity contribution in [3.8, 4) is 26.7 Å². The zero-order valence-corrected chi connectivity index (χ0v) is 22.8. The molecule has 5 rings (SSSR count). The van der Waals surface area contributed by atoms with Crippen LogP contribution in [0.1, 0.15) is 12.6 Å². The second-order valence-electron chi connectivity index (χ2n) is 9.06. The Kier molecular flexibility index (Phi) is 7.32. The highest BCUT2D eigenvalue weighted by Gasteiger charge is 2.20. The number of rotatable bonds is 7. The van der Waals surface area contributed by atoms with Gasteiger partial charge in [-0.1, -0.05) is 42.8 Å². The van der Waals surface area contributed by atoms with Gasteiger partial charge < -0.3 is 4.90 Å². The first-order valence-corrected chi connectivity index (χ1v) is 15.1. The third-order valence-corrected chi connectivity index (χ3v) is 9.13. The van der Waals surface area contributed by atoms with Crippen LogP contribution in [0, 0.1) is 0 Å². The standard InChI is InChI=1S/C27H29ClN4O2S2/c1-3-30-13-15-31(16-14-30)19-21-18-25(32(29-21)24-10-5-4-9-23(24)28)27-12-11-26(35-27)20-7-6-8-22(17-20)36(2,33)34/h4-12,17-18H,3,13-16,19H2,1-2H3. The molecule has 0 aliphatic carbocycles. The van der Waals surface area contributed by atoms with Crippen molar-refractivity contribution in [2.45, 2.75) is 18.4 Å². The van der Waals surface area contributed by atoms with Crippen molar-refractivity contribution in [3.63, 3.8) is 0 Å². The van der Waals surface area contributed by atoms with Gasteiger partial charge in [0.1, 0.15) is 0 Å². The molecule has 9 heteroatoms. The van der Waals surface area contributed by atoms with Gasteiger partial charge in [-0.3, -0.25) is 4.90 Å². The number of nitrogens with zero attached hydrogens (tertiary/aromatic N) is 4. The van der Waals surface area contributed by atoms with Crippen molar-refractivity contribution >= 4 is 32.8 Å². The summed E-state index contributed by atoms with van der Waals surface area (Å²) in [5.74, 6) is 0. The topological polar surface area (TPSA) is 58.4 Å². The molecule has 0 spiro atoms. The molecule has 0 N–H and O–H groups in total. The molecule has 0 bridgehead atoms. The Morgan fingerprint density at radius 2 is 1.64 bits per heavy atom. The summed E-state index contributed by atoms with van der Waals surface area (Å²) in [7, 11) is -3.27. The van der Waals surface area contributed by atoms with E-state index in [1.807, 2.05) is 41.1 Å². The quantitative estimate of drug-likeness (QED) is 0.311. The Bertz CT molecular complexity index is 1470. The lowest BCUT2D eigenvalue weighted by Crippen LogP contribution is -2.45. The molecule has 1 saturated heterocycles. The molecule has 1 aliphatic heterocycles. The third kappa shape index (κ3) is 5.43. The predicted octanol–water partition coefficient (Wildman–Crippen LogP) is 5.46. The molecule has 1 fully saturated rings. The highest BCUT2D eigenvalue weighted by Crippen LogP contribution is 2.37. The van der Waals surface area contributed by atoms with E-state index in [0.29, 0.717) is 9.92 Å². The second-order valence-corrected chi connectivity index (χ2v) is 12.6. The summed E-state index contributed by atoms with van der Waals surface area (Å²) >= 11 is 8.20. The summed E-state index contributed by atoms with van der Waals surface area (Å²) in [6.07, 6.45) is 1.23. The normalized spacial score (nSPS) is 15.4. The maximum Gasteiger partial charge on any atom is 0.175 e. The number of para-hydroxylation sites is 1. The van der Waals surface area contributed by atoms with Crippen molar-refractivity contribution in [1.82, 2.24) is 19.6 Å². The molecule has 4 aromatic rings. The fourth-order valence-corrected chi connectivity index (χ4v) is 6.38. The lowest BCUT2D eigenvalue weighted by atomic mass is 10.2. The minimum absolute atomic E-state index is 0.321. The Morgan fingerprint density at radius 1 is 0.917 bits per heavy atom. The van der Waals surface area contributed by atoms with Gasteiger partial charge in [-0.2, -0.15) is 5.10 Å². The molecule has 0 saturated carbocycles. The van der Waals surface area contributed by atoms with Crippen LogP contribution in [0.4, 0.5) is 0 Å². The number of hydrogen-bond acceptors (Lipinski definition) is 6. The van der Waals surface area contributed by atoms with Crippen LogP contribution in [-0.2, 0) is 16.4 Å². The average Bonchev–Trinajstić information content (AvgIpc) is 3.52. The number of thiophene rings is 1. The van der Waals surface area contributed by atoms with Crippen LogP contribution in [0.5, 0.6) is 0 Å². The van der Waals surface area contributed by atoms with Gasteiger partial charge in [0.2, 0.25) is 0 Å². The summed E-state index contributed by atoms with van der Waals surface area (Å²) in [5.41, 5.74) is 3.70. The molecule has 0 atom stereocenters. The van der Waals surface area contributed by atoms with Gasteiger partial charge in [-0.25, -0.2) is 13.1 Å². The number of benzene rings is 2. The van der Waals surface area contributed by atoms with E-state index in [1.54, 1.807) is 29.5 Å². The van der Waals surface area contributed by atoms with Crippen LogP contribution in [0.15, 0.2) is 71.6 Å². The smallest absolute Gasteiger partial charge is 0.175 e. The van der Waals surface area contributed by atoms with Gasteiger partial charge >= 0.3 is 0 Å². The highest BCUT2D eigenvalue weighted by atomic mass is 35.5. The molecule has 6 nitrogen and oxygen atoms in total. The van der Waals surface area contributed by atoms with E-state index in [2.05, 4.69) is 28.9 Å². The first-order valence-electron chi connectivity index (χ1n) is 12.0. The summed E-state index contributed by atoms with van der Waals surface area (Å²) < 4.78 is 26.0. The van der Waals surface area contributed by atoms with Crippen molar-refractivity contribution in [2.24, 2.45) is 0 Å². The summed E-state index contributed by atoms with van der Waals surface area (Å²) in [6.45, 7) is 8.30. The van der Waals surface area contributed by atoms with Gasteiger partial charge in [0.05, 0.1) is 31.9 Å². The summed E-state index contributed by atoms with van der Waals surface area (Å²) in [5, 5.41) is 5.62. The van der Waals surface area contributed by atoms with Crippen molar-refractivity contribution < 1.29 is 8.42 Å². The van der Waals surface area contributed by atoms with E-state index in [1.165, 1.54) is 6.26 Å². The number of sulfone groups is 1. The molecular formula is C27H29ClN4O2S2. The van der Waals surface area contributed by atoms with E-state index in [9.17, 15) is 8.42 Å². The number of piperazine rings is 1. The largest absolute Gasteiger partial charge is 0.301 e. The molecule has 188 valence electrons. The van der Waals surface area contributed by atoms with Crippen molar-refractivity contribution in [1.29, 1.82) is 0 Å². The monoisotopic (exact) mass is 540 g/mol. The van der Waals surface area contributed by atoms with E-state index in [-0.39, 0.29) is 0 Å². The number of hydrogen-bond donors (Lipinski definition) is 0. The fraction of sp³-hybridized carbons (Fsp3) is 0.296. The van der Waals surface area contributed by atoms with E-state index in [4.69, 9.17) is 16.7 Å². The SMILES string of the molecule is CCN1CCN(Cc2cc(-c3ccc(-c4cccc(S(C)(=O)=O)c4)s3)n(-c3ccccc3Cl)n2)CC1. The molecule has 1 aliphatic rings. The highest BCUT2D eigenvalue weighted by molar-refractivity contribution is 7.90. The van der Waals surface area contributed by atoms with E-state index in [0.717, 1.165) is 71.7 Å². The molecular weight excluding hydrogens is 512 g/mol. The maximum atomic E-state index is 12.1. The number of halogens is 1. The van der Waals surface area contributed by atoms with Crippen LogP contribution < -0.4 is 0 Å². The summed E-state index contributed by atoms with van der Waals surface area (Å²) in [6, 6.07) is 21.1. The molecule has 0 amide bonds. The van der Waals surface area contributed by atoms with Gasteiger partial charge in [0, 0.05) is 43.9 Å². The van der Waals surface area contributed by atoms with Crippen molar-refractivity contribution in [3.05, 3.63) is 77.4 Å². The maximum absolute atomic E-state index is 12.1. The second kappa shape index (κ2) is 10.5. The van der Waals surface area contributed by atoms with Crippen LogP contribution in [0.3, 0.4) is 0 Å². The first-order chi connectivity index (χ1) is 17.3. The molecule has 0 unspecified atom stereocenters. The van der Waals surface area contributed by atoms with Crippen LogP contribution in [0.25, 0.3) is 26.7 Å². The van der Waals surface area contributed by atoms with Gasteiger partial charge in [-0.05, 0) is 54.6 Å². The van der Waals surface area contributed by atoms with E-state index < -0.39 is 9.84 Å². The minimum Gasteiger partial charge on any atom is -0.301 e. The zero-order chi connectivity index (χ0) is 25.3. The zero-order valence-electron chi connectivity index (χ0n) is 20.4. The molecule has 36 heavy (non-hydrogen) atoms. The Morgan fingerprint density at radius 3 is 2.36 bits per heavy atom. The first kappa shape index (κ1) is 25.2. The van der Waals surface area contributed by atoms with Crippen LogP contribution >= 0.6 is 22.9 Å². The van der Waals surface area contributed by atoms with Gasteiger partial charge in [0.15, 0.2) is 9.84 Å². The third-order valence-electron chi connectivity index (χ3n) is 6.54. The Labute approximate surface area is 221 Å². The lowest BCUT2D eigenvalue weighted by molar-refractivity contribution is 0.130. The minimum atomic E-state index is -3.27. The Balaban J connectivity index is 1.50.